The topological polar surface area (TPSA) is 82.6 Å². The maximum atomic E-state index is 13.2. The molecule has 0 aliphatic carbocycles. The number of esters is 1. The molecule has 1 aliphatic rings. The van der Waals surface area contributed by atoms with Crippen LogP contribution < -0.4 is 4.74 Å². The molecule has 0 N–H and O–H groups in total. The van der Waals surface area contributed by atoms with Crippen LogP contribution in [0, 0.1) is 0 Å². The Morgan fingerprint density at radius 1 is 1.03 bits per heavy atom. The van der Waals surface area contributed by atoms with E-state index >= 15 is 0 Å². The van der Waals surface area contributed by atoms with E-state index in [2.05, 4.69) is 4.98 Å². The van der Waals surface area contributed by atoms with Crippen molar-refractivity contribution in [3.8, 4) is 5.88 Å². The summed E-state index contributed by atoms with van der Waals surface area (Å²) in [6.45, 7) is 0.169. The van der Waals surface area contributed by atoms with Gasteiger partial charge in [0.25, 0.3) is 0 Å². The number of nitrogens with zero attached hydrogens (tertiary/aromatic N) is 1. The molecular weight excluding hydrogens is 402 g/mol. The smallest absolute Gasteiger partial charge is 0.339 e. The highest BCUT2D eigenvalue weighted by molar-refractivity contribution is 7.91. The Labute approximate surface area is 176 Å². The van der Waals surface area contributed by atoms with Crippen molar-refractivity contribution in [1.82, 2.24) is 4.98 Å². The monoisotopic (exact) mass is 425 g/mol. The third-order valence-electron chi connectivity index (χ3n) is 4.86. The van der Waals surface area contributed by atoms with Gasteiger partial charge in [0.05, 0.1) is 22.5 Å². The Morgan fingerprint density at radius 2 is 1.80 bits per heavy atom. The van der Waals surface area contributed by atoms with Crippen LogP contribution in [-0.2, 0) is 34.0 Å². The lowest BCUT2D eigenvalue weighted by molar-refractivity contribution is 0.0600. The average Bonchev–Trinajstić information content (AvgIpc) is 2.75. The predicted molar refractivity (Wildman–Crippen MR) is 112 cm³/mol. The van der Waals surface area contributed by atoms with Gasteiger partial charge in [-0.3, -0.25) is 0 Å². The minimum Gasteiger partial charge on any atom is -0.473 e. The standard InChI is InChI=1S/C22H19NO5S.CH4/c1-27-22(24)18-12-17-10-9-16-6-2-3-8-20(16)29(25,26)19-7-4-5-15(11-19)14-28-21(17)23-13-18;/h2-8,11-13H,9-10,14H2,1H3;1H4. The fourth-order valence-corrected chi connectivity index (χ4v) is 4.95. The van der Waals surface area contributed by atoms with E-state index in [1.54, 1.807) is 48.5 Å². The first-order valence-corrected chi connectivity index (χ1v) is 10.6. The Balaban J connectivity index is 0.00000256. The predicted octanol–water partition coefficient (Wildman–Crippen LogP) is 4.01. The van der Waals surface area contributed by atoms with E-state index in [0.29, 0.717) is 35.4 Å². The molecule has 0 spiro atoms. The largest absolute Gasteiger partial charge is 0.473 e. The summed E-state index contributed by atoms with van der Waals surface area (Å²) in [5.74, 6) is -0.0638. The number of aryl methyl sites for hydroxylation is 2. The number of fused-ring (bicyclic) bond motifs is 4. The lowest BCUT2D eigenvalue weighted by atomic mass is 10.0. The van der Waals surface area contributed by atoms with Crippen LogP contribution in [0.25, 0.3) is 0 Å². The van der Waals surface area contributed by atoms with Crippen molar-refractivity contribution in [2.24, 2.45) is 0 Å². The van der Waals surface area contributed by atoms with E-state index in [4.69, 9.17) is 9.47 Å². The molecule has 1 aromatic heterocycles. The summed E-state index contributed by atoms with van der Waals surface area (Å²) in [4.78, 5) is 16.7. The Hall–Kier alpha value is -3.19. The summed E-state index contributed by atoms with van der Waals surface area (Å²) < 4.78 is 37.1. The van der Waals surface area contributed by atoms with Crippen LogP contribution in [0.4, 0.5) is 0 Å². The van der Waals surface area contributed by atoms with E-state index < -0.39 is 15.8 Å². The van der Waals surface area contributed by atoms with E-state index in [-0.39, 0.29) is 23.8 Å². The quantitative estimate of drug-likeness (QED) is 0.548. The van der Waals surface area contributed by atoms with Gasteiger partial charge >= 0.3 is 5.97 Å². The molecule has 0 fully saturated rings. The maximum absolute atomic E-state index is 13.2. The zero-order chi connectivity index (χ0) is 20.4. The van der Waals surface area contributed by atoms with Crippen molar-refractivity contribution < 1.29 is 22.7 Å². The second-order valence-corrected chi connectivity index (χ2v) is 8.65. The zero-order valence-electron chi connectivity index (χ0n) is 15.8. The average molecular weight is 426 g/mol. The van der Waals surface area contributed by atoms with Gasteiger partial charge in [0.15, 0.2) is 0 Å². The molecule has 0 unspecified atom stereocenters. The van der Waals surface area contributed by atoms with Crippen LogP contribution in [0.3, 0.4) is 0 Å². The van der Waals surface area contributed by atoms with Crippen molar-refractivity contribution in [2.45, 2.75) is 36.7 Å². The van der Waals surface area contributed by atoms with Crippen LogP contribution in [0.5, 0.6) is 5.88 Å². The van der Waals surface area contributed by atoms with Gasteiger partial charge in [-0.15, -0.1) is 0 Å². The molecule has 2 heterocycles. The number of rotatable bonds is 1. The minimum absolute atomic E-state index is 0. The van der Waals surface area contributed by atoms with Gasteiger partial charge in [0.2, 0.25) is 15.7 Å². The number of hydrogen-bond acceptors (Lipinski definition) is 6. The number of carbonyl (C=O) groups excluding carboxylic acids is 1. The van der Waals surface area contributed by atoms with Gasteiger partial charge in [-0.25, -0.2) is 18.2 Å². The summed E-state index contributed by atoms with van der Waals surface area (Å²) in [5.41, 5.74) is 2.46. The van der Waals surface area contributed by atoms with Gasteiger partial charge in [0.1, 0.15) is 6.61 Å². The van der Waals surface area contributed by atoms with E-state index in [9.17, 15) is 13.2 Å². The van der Waals surface area contributed by atoms with Gasteiger partial charge in [-0.05, 0) is 48.2 Å². The van der Waals surface area contributed by atoms with Crippen molar-refractivity contribution >= 4 is 15.8 Å². The number of ether oxygens (including phenoxy) is 2. The molecule has 2 bridgehead atoms. The first kappa shape index (κ1) is 21.5. The minimum atomic E-state index is -3.66. The first-order valence-electron chi connectivity index (χ1n) is 9.11. The molecule has 4 rings (SSSR count). The van der Waals surface area contributed by atoms with Crippen molar-refractivity contribution in [3.05, 3.63) is 83.0 Å². The molecule has 6 nitrogen and oxygen atoms in total. The molecule has 156 valence electrons. The second-order valence-electron chi connectivity index (χ2n) is 6.73. The van der Waals surface area contributed by atoms with E-state index in [1.807, 2.05) is 6.07 Å². The molecule has 1 aliphatic heterocycles. The number of hydrogen-bond donors (Lipinski definition) is 0. The summed E-state index contributed by atoms with van der Waals surface area (Å²) in [7, 11) is -2.34. The molecule has 0 radical (unpaired) electrons. The molecule has 0 amide bonds. The van der Waals surface area contributed by atoms with Crippen LogP contribution in [-0.4, -0.2) is 26.5 Å². The number of benzene rings is 2. The normalized spacial score (nSPS) is 14.4. The van der Waals surface area contributed by atoms with Crippen LogP contribution in [0.15, 0.2) is 70.6 Å². The third kappa shape index (κ3) is 4.07. The maximum Gasteiger partial charge on any atom is 0.339 e. The second kappa shape index (κ2) is 8.67. The highest BCUT2D eigenvalue weighted by Crippen LogP contribution is 2.28. The highest BCUT2D eigenvalue weighted by atomic mass is 32.2. The fraction of sp³-hybridized carbons (Fsp3) is 0.217. The van der Waals surface area contributed by atoms with Crippen molar-refractivity contribution in [1.29, 1.82) is 0 Å². The lowest BCUT2D eigenvalue weighted by Crippen LogP contribution is -2.11. The van der Waals surface area contributed by atoms with Crippen LogP contribution in [0.1, 0.15) is 34.5 Å². The number of aromatic nitrogens is 1. The molecule has 2 aromatic carbocycles. The van der Waals surface area contributed by atoms with Gasteiger partial charge < -0.3 is 9.47 Å². The third-order valence-corrected chi connectivity index (χ3v) is 6.71. The summed E-state index contributed by atoms with van der Waals surface area (Å²) in [6.07, 6.45) is 2.34. The molecule has 0 atom stereocenters. The molecule has 7 heteroatoms. The SMILES string of the molecule is C.COC(=O)c1cnc2c(c1)CCc1ccccc1S(=O)(=O)c1cccc(c1)CO2. The fourth-order valence-electron chi connectivity index (χ4n) is 3.36. The van der Waals surface area contributed by atoms with Gasteiger partial charge in [0, 0.05) is 11.8 Å². The number of pyridine rings is 1. The molecule has 0 saturated heterocycles. The number of carbonyl (C=O) groups is 1. The van der Waals surface area contributed by atoms with Crippen molar-refractivity contribution in [2.75, 3.05) is 7.11 Å². The Morgan fingerprint density at radius 3 is 2.60 bits per heavy atom. The Kier molecular flexibility index (Phi) is 6.22. The Bertz CT molecular complexity index is 1190. The first-order chi connectivity index (χ1) is 14.0. The van der Waals surface area contributed by atoms with Crippen LogP contribution in [0.2, 0.25) is 0 Å². The molecule has 3 aromatic rings. The molecule has 0 saturated carbocycles. The summed E-state index contributed by atoms with van der Waals surface area (Å²) in [5, 5.41) is 0. The highest BCUT2D eigenvalue weighted by Gasteiger charge is 2.23. The number of methoxy groups -OCH3 is 1. The number of sulfone groups is 1. The van der Waals surface area contributed by atoms with Crippen LogP contribution >= 0.6 is 0 Å². The molecular formula is C23H23NO5S. The lowest BCUT2D eigenvalue weighted by Gasteiger charge is -2.16. The molecule has 30 heavy (non-hydrogen) atoms. The van der Waals surface area contributed by atoms with E-state index in [0.717, 1.165) is 5.56 Å². The van der Waals surface area contributed by atoms with Crippen molar-refractivity contribution in [3.63, 3.8) is 0 Å². The van der Waals surface area contributed by atoms with E-state index in [1.165, 1.54) is 13.3 Å². The van der Waals surface area contributed by atoms with Gasteiger partial charge in [-0.2, -0.15) is 0 Å². The summed E-state index contributed by atoms with van der Waals surface area (Å²) >= 11 is 0. The summed E-state index contributed by atoms with van der Waals surface area (Å²) in [6, 6.07) is 15.4. The zero-order valence-corrected chi connectivity index (χ0v) is 16.6. The van der Waals surface area contributed by atoms with Gasteiger partial charge in [-0.1, -0.05) is 37.8 Å².